The number of fused-ring (bicyclic) bond motifs is 1. The van der Waals surface area contributed by atoms with Gasteiger partial charge in [0, 0.05) is 34.0 Å². The molecule has 0 amide bonds. The third kappa shape index (κ3) is 4.21. The number of nitrogens with zero attached hydrogens (tertiary/aromatic N) is 2. The number of pyridine rings is 1. The van der Waals surface area contributed by atoms with Gasteiger partial charge in [-0.25, -0.2) is 4.98 Å². The van der Waals surface area contributed by atoms with E-state index in [4.69, 9.17) is 4.74 Å². The van der Waals surface area contributed by atoms with Crippen molar-refractivity contribution in [3.63, 3.8) is 0 Å². The third-order valence-corrected chi connectivity index (χ3v) is 4.95. The zero-order chi connectivity index (χ0) is 13.9. The molecule has 0 bridgehead atoms. The maximum atomic E-state index is 5.83. The van der Waals surface area contributed by atoms with Crippen LogP contribution in [0.3, 0.4) is 0 Å². The van der Waals surface area contributed by atoms with Gasteiger partial charge in [0.2, 0.25) is 0 Å². The molecule has 2 heterocycles. The van der Waals surface area contributed by atoms with Crippen LogP contribution in [-0.2, 0) is 4.74 Å². The van der Waals surface area contributed by atoms with Crippen LogP contribution in [0.1, 0.15) is 5.56 Å². The Bertz CT molecular complexity index is 431. The highest BCUT2D eigenvalue weighted by atomic mass is 28.3. The molecule has 1 aliphatic rings. The highest BCUT2D eigenvalue weighted by Gasteiger charge is 2.18. The first-order chi connectivity index (χ1) is 8.96. The van der Waals surface area contributed by atoms with Gasteiger partial charge in [0.05, 0.1) is 5.69 Å². The lowest BCUT2D eigenvalue weighted by molar-refractivity contribution is 0.146. The summed E-state index contributed by atoms with van der Waals surface area (Å²) in [5.41, 5.74) is 2.31. The molecule has 4 nitrogen and oxygen atoms in total. The number of hydrogen-bond donors (Lipinski definition) is 1. The molecule has 1 aliphatic heterocycles. The Hall–Kier alpha value is -1.07. The van der Waals surface area contributed by atoms with Gasteiger partial charge in [0.15, 0.2) is 5.82 Å². The van der Waals surface area contributed by atoms with Gasteiger partial charge < -0.3 is 15.0 Å². The van der Waals surface area contributed by atoms with Gasteiger partial charge in [-0.05, 0) is 24.6 Å². The van der Waals surface area contributed by atoms with Gasteiger partial charge in [-0.15, -0.1) is 0 Å². The average molecular weight is 279 g/mol. The molecule has 1 N–H and O–H groups in total. The van der Waals surface area contributed by atoms with Crippen LogP contribution in [0.4, 0.5) is 11.5 Å². The van der Waals surface area contributed by atoms with Crippen molar-refractivity contribution < 1.29 is 4.74 Å². The Morgan fingerprint density at radius 2 is 2.21 bits per heavy atom. The second-order valence-electron chi connectivity index (χ2n) is 6.42. The first-order valence-electron chi connectivity index (χ1n) is 6.99. The molecule has 2 rings (SSSR count). The summed E-state index contributed by atoms with van der Waals surface area (Å²) in [6, 6.07) is 3.36. The lowest BCUT2D eigenvalue weighted by atomic mass is 10.2. The molecule has 0 unspecified atom stereocenters. The van der Waals surface area contributed by atoms with E-state index in [2.05, 4.69) is 47.8 Å². The summed E-state index contributed by atoms with van der Waals surface area (Å²) < 4.78 is 5.83. The minimum Gasteiger partial charge on any atom is -0.380 e. The zero-order valence-electron chi connectivity index (χ0n) is 12.5. The van der Waals surface area contributed by atoms with Gasteiger partial charge >= 0.3 is 0 Å². The first-order valence-corrected chi connectivity index (χ1v) is 10.7. The zero-order valence-corrected chi connectivity index (χ0v) is 13.5. The van der Waals surface area contributed by atoms with Crippen molar-refractivity contribution in [3.8, 4) is 0 Å². The van der Waals surface area contributed by atoms with Crippen LogP contribution in [0, 0.1) is 6.92 Å². The van der Waals surface area contributed by atoms with Gasteiger partial charge in [0.25, 0.3) is 0 Å². The van der Waals surface area contributed by atoms with Gasteiger partial charge in [-0.2, -0.15) is 0 Å². The van der Waals surface area contributed by atoms with Gasteiger partial charge in [-0.3, -0.25) is 0 Å². The number of aryl methyl sites for hydroxylation is 1. The largest absolute Gasteiger partial charge is 0.380 e. The molecule has 1 aromatic heterocycles. The normalized spacial score (nSPS) is 15.1. The van der Waals surface area contributed by atoms with E-state index in [1.165, 1.54) is 11.6 Å². The van der Waals surface area contributed by atoms with Gasteiger partial charge in [-0.1, -0.05) is 19.6 Å². The summed E-state index contributed by atoms with van der Waals surface area (Å²) in [5.74, 6) is 1.02. The fourth-order valence-corrected chi connectivity index (χ4v) is 2.81. The van der Waals surface area contributed by atoms with E-state index in [9.17, 15) is 0 Å². The molecule has 5 heteroatoms. The fraction of sp³-hybridized carbons (Fsp3) is 0.643. The Morgan fingerprint density at radius 3 is 2.95 bits per heavy atom. The quantitative estimate of drug-likeness (QED) is 0.664. The van der Waals surface area contributed by atoms with Gasteiger partial charge in [0.1, 0.15) is 6.73 Å². The number of anilines is 2. The smallest absolute Gasteiger partial charge is 0.153 e. The molecule has 106 valence electrons. The highest BCUT2D eigenvalue weighted by molar-refractivity contribution is 6.76. The molecule has 1 aromatic rings. The Balaban J connectivity index is 1.89. The van der Waals surface area contributed by atoms with Crippen molar-refractivity contribution in [1.82, 2.24) is 4.98 Å². The van der Waals surface area contributed by atoms with Crippen molar-refractivity contribution in [3.05, 3.63) is 17.8 Å². The molecule has 0 radical (unpaired) electrons. The van der Waals surface area contributed by atoms with Crippen LogP contribution in [0.5, 0.6) is 0 Å². The molecular weight excluding hydrogens is 254 g/mol. The Morgan fingerprint density at radius 1 is 1.42 bits per heavy atom. The molecule has 0 fully saturated rings. The van der Waals surface area contributed by atoms with Crippen LogP contribution in [0.15, 0.2) is 12.3 Å². The summed E-state index contributed by atoms with van der Waals surface area (Å²) in [6.45, 7) is 12.6. The molecule has 0 spiro atoms. The second-order valence-corrected chi connectivity index (χ2v) is 12.0. The maximum Gasteiger partial charge on any atom is 0.153 e. The monoisotopic (exact) mass is 279 g/mol. The predicted octanol–water partition coefficient (Wildman–Crippen LogP) is 2.93. The van der Waals surface area contributed by atoms with Crippen LogP contribution < -0.4 is 10.2 Å². The molecule has 0 aromatic carbocycles. The summed E-state index contributed by atoms with van der Waals surface area (Å²) in [7, 11) is -0.995. The van der Waals surface area contributed by atoms with E-state index < -0.39 is 8.07 Å². The molecule has 0 aliphatic carbocycles. The molecule has 0 saturated heterocycles. The minimum absolute atomic E-state index is 0.648. The highest BCUT2D eigenvalue weighted by Crippen LogP contribution is 2.26. The lowest BCUT2D eigenvalue weighted by Crippen LogP contribution is -2.37. The topological polar surface area (TPSA) is 37.4 Å². The number of ether oxygens (including phenoxy) is 1. The number of aromatic nitrogens is 1. The van der Waals surface area contributed by atoms with Crippen molar-refractivity contribution in [2.24, 2.45) is 0 Å². The second kappa shape index (κ2) is 5.92. The number of nitrogens with one attached hydrogen (secondary N) is 1. The van der Waals surface area contributed by atoms with Crippen molar-refractivity contribution in [1.29, 1.82) is 0 Å². The van der Waals surface area contributed by atoms with Crippen LogP contribution in [0.2, 0.25) is 25.7 Å². The lowest BCUT2D eigenvalue weighted by Gasteiger charge is -2.31. The van der Waals surface area contributed by atoms with E-state index in [-0.39, 0.29) is 0 Å². The maximum absolute atomic E-state index is 5.83. The van der Waals surface area contributed by atoms with Crippen LogP contribution in [-0.4, -0.2) is 39.5 Å². The predicted molar refractivity (Wildman–Crippen MR) is 83.8 cm³/mol. The van der Waals surface area contributed by atoms with Crippen molar-refractivity contribution >= 4 is 19.6 Å². The fourth-order valence-electron chi connectivity index (χ4n) is 2.05. The van der Waals surface area contributed by atoms with E-state index in [0.29, 0.717) is 6.73 Å². The van der Waals surface area contributed by atoms with E-state index >= 15 is 0 Å². The molecular formula is C14H25N3OSi. The molecule has 0 saturated carbocycles. The van der Waals surface area contributed by atoms with E-state index in [1.54, 1.807) is 0 Å². The summed E-state index contributed by atoms with van der Waals surface area (Å²) in [4.78, 5) is 6.74. The Kier molecular flexibility index (Phi) is 4.47. The summed E-state index contributed by atoms with van der Waals surface area (Å²) >= 11 is 0. The SMILES string of the molecule is Cc1cnc2c(c1)NCCN2COCC[Si](C)(C)C. The van der Waals surface area contributed by atoms with Crippen LogP contribution >= 0.6 is 0 Å². The minimum atomic E-state index is -0.995. The third-order valence-electron chi connectivity index (χ3n) is 3.24. The van der Waals surface area contributed by atoms with Crippen LogP contribution in [0.25, 0.3) is 0 Å². The first kappa shape index (κ1) is 14.3. The molecule has 0 atom stereocenters. The van der Waals surface area contributed by atoms with Crippen molar-refractivity contribution in [2.45, 2.75) is 32.6 Å². The van der Waals surface area contributed by atoms with E-state index in [1.807, 2.05) is 6.20 Å². The van der Waals surface area contributed by atoms with Crippen molar-refractivity contribution in [2.75, 3.05) is 36.6 Å². The van der Waals surface area contributed by atoms with E-state index in [0.717, 1.165) is 31.2 Å². The Labute approximate surface area is 117 Å². The number of rotatable bonds is 5. The summed E-state index contributed by atoms with van der Waals surface area (Å²) in [6.07, 6.45) is 1.92. The number of hydrogen-bond acceptors (Lipinski definition) is 4. The standard InChI is InChI=1S/C14H25N3OSi/c1-12-9-13-14(16-10-12)17(6-5-15-13)11-18-7-8-19(2,3)4/h9-10,15H,5-8,11H2,1-4H3. The summed E-state index contributed by atoms with van der Waals surface area (Å²) in [5, 5.41) is 3.40. The molecule has 19 heavy (non-hydrogen) atoms. The average Bonchev–Trinajstić information content (AvgIpc) is 2.33.